The van der Waals surface area contributed by atoms with Gasteiger partial charge >= 0.3 is 5.63 Å². The molecule has 0 atom stereocenters. The van der Waals surface area contributed by atoms with Gasteiger partial charge in [0.15, 0.2) is 6.29 Å². The van der Waals surface area contributed by atoms with E-state index in [-0.39, 0.29) is 5.56 Å². The molecular weight excluding hydrogens is 278 g/mol. The second-order valence-corrected chi connectivity index (χ2v) is 4.95. The zero-order valence-corrected chi connectivity index (χ0v) is 12.5. The van der Waals surface area contributed by atoms with Crippen LogP contribution >= 0.6 is 11.6 Å². The highest BCUT2D eigenvalue weighted by Crippen LogP contribution is 2.32. The third-order valence-electron chi connectivity index (χ3n) is 3.39. The molecule has 2 rings (SSSR count). The lowest BCUT2D eigenvalue weighted by atomic mass is 10.1. The molecule has 5 heteroatoms. The molecule has 1 aromatic heterocycles. The van der Waals surface area contributed by atoms with E-state index >= 15 is 0 Å². The van der Waals surface area contributed by atoms with E-state index in [2.05, 4.69) is 0 Å². The van der Waals surface area contributed by atoms with Crippen LogP contribution in [0.5, 0.6) is 0 Å². The summed E-state index contributed by atoms with van der Waals surface area (Å²) in [5, 5.41) is 1.27. The van der Waals surface area contributed by atoms with Crippen molar-refractivity contribution in [3.63, 3.8) is 0 Å². The van der Waals surface area contributed by atoms with Crippen LogP contribution in [0.1, 0.15) is 29.8 Å². The number of carbonyl (C=O) groups excluding carboxylic acids is 1. The summed E-state index contributed by atoms with van der Waals surface area (Å²) in [5.74, 6) is 0. The van der Waals surface area contributed by atoms with Crippen LogP contribution < -0.4 is 10.5 Å². The van der Waals surface area contributed by atoms with Crippen molar-refractivity contribution in [2.75, 3.05) is 18.0 Å². The summed E-state index contributed by atoms with van der Waals surface area (Å²) < 4.78 is 5.23. The highest BCUT2D eigenvalue weighted by Gasteiger charge is 2.19. The van der Waals surface area contributed by atoms with Crippen molar-refractivity contribution in [3.05, 3.63) is 38.7 Å². The van der Waals surface area contributed by atoms with Crippen molar-refractivity contribution in [1.82, 2.24) is 0 Å². The molecule has 0 unspecified atom stereocenters. The molecule has 0 aliphatic carbocycles. The summed E-state index contributed by atoms with van der Waals surface area (Å²) in [4.78, 5) is 25.2. The van der Waals surface area contributed by atoms with Gasteiger partial charge in [0.25, 0.3) is 0 Å². The van der Waals surface area contributed by atoms with Crippen molar-refractivity contribution in [2.45, 2.75) is 20.8 Å². The quantitative estimate of drug-likeness (QED) is 0.640. The molecule has 0 spiro atoms. The number of hydrogen-bond donors (Lipinski definition) is 0. The minimum absolute atomic E-state index is 0.0427. The highest BCUT2D eigenvalue weighted by atomic mass is 35.5. The van der Waals surface area contributed by atoms with Crippen LogP contribution in [-0.2, 0) is 0 Å². The number of carbonyl (C=O) groups is 1. The summed E-state index contributed by atoms with van der Waals surface area (Å²) in [7, 11) is 0. The van der Waals surface area contributed by atoms with Crippen LogP contribution in [0.3, 0.4) is 0 Å². The first-order chi connectivity index (χ1) is 9.53. The van der Waals surface area contributed by atoms with E-state index in [1.54, 1.807) is 12.1 Å². The maximum Gasteiger partial charge on any atom is 0.349 e. The Balaban J connectivity index is 2.95. The number of rotatable bonds is 4. The largest absolute Gasteiger partial charge is 0.422 e. The molecule has 0 aliphatic rings. The molecule has 0 amide bonds. The van der Waals surface area contributed by atoms with Crippen molar-refractivity contribution < 1.29 is 9.21 Å². The maximum atomic E-state index is 12.0. The van der Waals surface area contributed by atoms with Gasteiger partial charge in [0.1, 0.15) is 11.1 Å². The lowest BCUT2D eigenvalue weighted by Crippen LogP contribution is -2.26. The molecule has 0 radical (unpaired) electrons. The van der Waals surface area contributed by atoms with E-state index in [4.69, 9.17) is 16.0 Å². The minimum atomic E-state index is -0.615. The van der Waals surface area contributed by atoms with E-state index in [0.29, 0.717) is 41.1 Å². The van der Waals surface area contributed by atoms with E-state index in [0.717, 1.165) is 5.56 Å². The fourth-order valence-electron chi connectivity index (χ4n) is 2.31. The summed E-state index contributed by atoms with van der Waals surface area (Å²) in [6.07, 6.45) is 0.548. The van der Waals surface area contributed by atoms with Crippen molar-refractivity contribution in [2.24, 2.45) is 0 Å². The van der Waals surface area contributed by atoms with Crippen molar-refractivity contribution in [1.29, 1.82) is 0 Å². The number of anilines is 1. The van der Waals surface area contributed by atoms with Gasteiger partial charge in [-0.15, -0.1) is 0 Å². The van der Waals surface area contributed by atoms with Crippen LogP contribution in [-0.4, -0.2) is 19.4 Å². The van der Waals surface area contributed by atoms with Gasteiger partial charge in [0.2, 0.25) is 0 Å². The van der Waals surface area contributed by atoms with Gasteiger partial charge in [0.05, 0.1) is 5.69 Å². The van der Waals surface area contributed by atoms with Crippen LogP contribution in [0.2, 0.25) is 5.02 Å². The Labute approximate surface area is 121 Å². The molecule has 0 fully saturated rings. The lowest BCUT2D eigenvalue weighted by Gasteiger charge is -2.23. The highest BCUT2D eigenvalue weighted by molar-refractivity contribution is 6.32. The minimum Gasteiger partial charge on any atom is -0.422 e. The average molecular weight is 294 g/mol. The molecule has 106 valence electrons. The molecule has 20 heavy (non-hydrogen) atoms. The first-order valence-electron chi connectivity index (χ1n) is 6.50. The number of fused-ring (bicyclic) bond motifs is 1. The van der Waals surface area contributed by atoms with Gasteiger partial charge in [-0.25, -0.2) is 4.79 Å². The standard InChI is InChI=1S/C15H16ClNO3/c1-4-17(5-2)14-10-7-12(16)9(3)6-13(10)20-15(19)11(14)8-18/h6-8H,4-5H2,1-3H3. The Morgan fingerprint density at radius 1 is 1.30 bits per heavy atom. The lowest BCUT2D eigenvalue weighted by molar-refractivity contribution is 0.112. The van der Waals surface area contributed by atoms with Gasteiger partial charge in [-0.2, -0.15) is 0 Å². The molecular formula is C15H16ClNO3. The molecule has 0 saturated heterocycles. The Hall–Kier alpha value is -1.81. The fraction of sp³-hybridized carbons (Fsp3) is 0.333. The van der Waals surface area contributed by atoms with Gasteiger partial charge in [-0.3, -0.25) is 4.79 Å². The zero-order valence-electron chi connectivity index (χ0n) is 11.7. The third-order valence-corrected chi connectivity index (χ3v) is 3.80. The summed E-state index contributed by atoms with van der Waals surface area (Å²) in [6.45, 7) is 7.14. The van der Waals surface area contributed by atoms with Gasteiger partial charge in [-0.05, 0) is 38.5 Å². The summed E-state index contributed by atoms with van der Waals surface area (Å²) in [5.41, 5.74) is 1.30. The molecule has 2 aromatic rings. The van der Waals surface area contributed by atoms with Crippen molar-refractivity contribution >= 4 is 34.5 Å². The number of halogens is 1. The van der Waals surface area contributed by atoms with E-state index < -0.39 is 5.63 Å². The average Bonchev–Trinajstić information content (AvgIpc) is 2.42. The normalized spacial score (nSPS) is 10.8. The molecule has 0 saturated carbocycles. The van der Waals surface area contributed by atoms with E-state index in [1.807, 2.05) is 25.7 Å². The Kier molecular flexibility index (Phi) is 4.14. The SMILES string of the molecule is CCN(CC)c1c(C=O)c(=O)oc2cc(C)c(Cl)cc12. The predicted molar refractivity (Wildman–Crippen MR) is 81.2 cm³/mol. The number of nitrogens with zero attached hydrogens (tertiary/aromatic N) is 1. The third kappa shape index (κ3) is 2.31. The number of aldehydes is 1. The van der Waals surface area contributed by atoms with Gasteiger partial charge in [0, 0.05) is 23.5 Å². The molecule has 0 aliphatic heterocycles. The molecule has 1 aromatic carbocycles. The first kappa shape index (κ1) is 14.6. The Morgan fingerprint density at radius 2 is 1.95 bits per heavy atom. The number of hydrogen-bond acceptors (Lipinski definition) is 4. The molecule has 1 heterocycles. The second-order valence-electron chi connectivity index (χ2n) is 4.54. The fourth-order valence-corrected chi connectivity index (χ4v) is 2.47. The van der Waals surface area contributed by atoms with Crippen LogP contribution in [0.25, 0.3) is 11.0 Å². The topological polar surface area (TPSA) is 50.5 Å². The summed E-state index contributed by atoms with van der Waals surface area (Å²) >= 11 is 6.16. The molecule has 4 nitrogen and oxygen atoms in total. The van der Waals surface area contributed by atoms with Crippen LogP contribution in [0.4, 0.5) is 5.69 Å². The van der Waals surface area contributed by atoms with E-state index in [1.165, 1.54) is 0 Å². The monoisotopic (exact) mass is 293 g/mol. The predicted octanol–water partition coefficient (Wildman–Crippen LogP) is 3.41. The van der Waals surface area contributed by atoms with E-state index in [9.17, 15) is 9.59 Å². The van der Waals surface area contributed by atoms with Crippen LogP contribution in [0.15, 0.2) is 21.3 Å². The molecule has 0 N–H and O–H groups in total. The van der Waals surface area contributed by atoms with Gasteiger partial charge in [-0.1, -0.05) is 11.6 Å². The Bertz CT molecular complexity index is 717. The zero-order chi connectivity index (χ0) is 14.9. The Morgan fingerprint density at radius 3 is 2.50 bits per heavy atom. The smallest absolute Gasteiger partial charge is 0.349 e. The summed E-state index contributed by atoms with van der Waals surface area (Å²) in [6, 6.07) is 3.47. The maximum absolute atomic E-state index is 12.0. The van der Waals surface area contributed by atoms with Crippen molar-refractivity contribution in [3.8, 4) is 0 Å². The number of aryl methyl sites for hydroxylation is 1. The molecule has 0 bridgehead atoms. The first-order valence-corrected chi connectivity index (χ1v) is 6.88. The number of benzene rings is 1. The second kappa shape index (κ2) is 5.67. The van der Waals surface area contributed by atoms with Crippen LogP contribution in [0, 0.1) is 6.92 Å². The van der Waals surface area contributed by atoms with Gasteiger partial charge < -0.3 is 9.32 Å².